The van der Waals surface area contributed by atoms with Crippen LogP contribution in [0.15, 0.2) is 36.7 Å². The minimum Gasteiger partial charge on any atom is -0.496 e. The molecule has 0 aliphatic heterocycles. The Morgan fingerprint density at radius 2 is 2.00 bits per heavy atom. The number of anilines is 1. The fourth-order valence-electron chi connectivity index (χ4n) is 1.82. The number of nitrogens with one attached hydrogen (secondary N) is 1. The van der Waals surface area contributed by atoms with E-state index in [9.17, 15) is 9.59 Å². The maximum atomic E-state index is 12.3. The number of methoxy groups -OCH3 is 1. The molecule has 0 bridgehead atoms. The molecule has 0 aliphatic carbocycles. The zero-order valence-electron chi connectivity index (χ0n) is 11.6. The molecule has 1 heterocycles. The monoisotopic (exact) mass is 286 g/mol. The van der Waals surface area contributed by atoms with Crippen LogP contribution in [0.3, 0.4) is 0 Å². The lowest BCUT2D eigenvalue weighted by Crippen LogP contribution is -2.14. The van der Waals surface area contributed by atoms with Crippen molar-refractivity contribution in [3.8, 4) is 5.75 Å². The molecule has 1 aromatic heterocycles. The van der Waals surface area contributed by atoms with Crippen LogP contribution >= 0.6 is 0 Å². The van der Waals surface area contributed by atoms with E-state index in [0.717, 1.165) is 5.56 Å². The van der Waals surface area contributed by atoms with Gasteiger partial charge in [0.25, 0.3) is 5.91 Å². The molecule has 6 nitrogen and oxygen atoms in total. The van der Waals surface area contributed by atoms with Gasteiger partial charge in [-0.15, -0.1) is 0 Å². The van der Waals surface area contributed by atoms with Gasteiger partial charge in [0.1, 0.15) is 5.75 Å². The average Bonchev–Trinajstić information content (AvgIpc) is 2.47. The first-order valence-corrected chi connectivity index (χ1v) is 6.15. The van der Waals surface area contributed by atoms with Crippen LogP contribution in [0, 0.1) is 6.92 Å². The van der Waals surface area contributed by atoms with Gasteiger partial charge in [-0.3, -0.25) is 9.78 Å². The fourth-order valence-corrected chi connectivity index (χ4v) is 1.82. The van der Waals surface area contributed by atoms with Crippen molar-refractivity contribution in [2.45, 2.75) is 6.92 Å². The number of pyridine rings is 1. The van der Waals surface area contributed by atoms with Crippen molar-refractivity contribution in [2.24, 2.45) is 0 Å². The number of aromatic carboxylic acids is 1. The van der Waals surface area contributed by atoms with Gasteiger partial charge in [0, 0.05) is 6.20 Å². The topological polar surface area (TPSA) is 88.5 Å². The summed E-state index contributed by atoms with van der Waals surface area (Å²) in [5.74, 6) is -1.05. The first-order valence-electron chi connectivity index (χ1n) is 6.15. The molecule has 2 aromatic rings. The van der Waals surface area contributed by atoms with Gasteiger partial charge in [-0.2, -0.15) is 0 Å². The predicted octanol–water partition coefficient (Wildman–Crippen LogP) is 2.35. The number of benzene rings is 1. The van der Waals surface area contributed by atoms with E-state index in [2.05, 4.69) is 10.3 Å². The summed E-state index contributed by atoms with van der Waals surface area (Å²) in [7, 11) is 1.48. The van der Waals surface area contributed by atoms with Gasteiger partial charge in [-0.05, 0) is 25.1 Å². The number of ether oxygens (including phenoxy) is 1. The molecule has 2 rings (SSSR count). The zero-order valence-corrected chi connectivity index (χ0v) is 11.6. The number of carbonyl (C=O) groups excluding carboxylic acids is 1. The molecule has 0 fully saturated rings. The fraction of sp³-hybridized carbons (Fsp3) is 0.133. The Morgan fingerprint density at radius 3 is 2.67 bits per heavy atom. The molecular formula is C15H14N2O4. The van der Waals surface area contributed by atoms with Gasteiger partial charge in [-0.1, -0.05) is 11.6 Å². The number of carboxylic acids is 1. The number of nitrogens with zero attached hydrogens (tertiary/aromatic N) is 1. The van der Waals surface area contributed by atoms with Gasteiger partial charge in [0.05, 0.1) is 30.1 Å². The Kier molecular flexibility index (Phi) is 4.18. The average molecular weight is 286 g/mol. The Balaban J connectivity index is 2.28. The molecule has 108 valence electrons. The molecule has 0 radical (unpaired) electrons. The van der Waals surface area contributed by atoms with Crippen molar-refractivity contribution in [3.05, 3.63) is 53.3 Å². The number of aryl methyl sites for hydroxylation is 1. The van der Waals surface area contributed by atoms with Crippen LogP contribution in [0.25, 0.3) is 0 Å². The molecule has 1 amide bonds. The van der Waals surface area contributed by atoms with E-state index in [1.165, 1.54) is 25.6 Å². The Labute approximate surface area is 121 Å². The number of carbonyl (C=O) groups is 2. The van der Waals surface area contributed by atoms with Gasteiger partial charge in [-0.25, -0.2) is 4.79 Å². The van der Waals surface area contributed by atoms with E-state index in [4.69, 9.17) is 9.84 Å². The van der Waals surface area contributed by atoms with Crippen LogP contribution in [-0.2, 0) is 0 Å². The second kappa shape index (κ2) is 6.04. The van der Waals surface area contributed by atoms with Crippen LogP contribution < -0.4 is 10.1 Å². The maximum absolute atomic E-state index is 12.3. The normalized spacial score (nSPS) is 10.0. The highest BCUT2D eigenvalue weighted by molar-refractivity contribution is 6.06. The third-order valence-corrected chi connectivity index (χ3v) is 2.84. The highest BCUT2D eigenvalue weighted by Crippen LogP contribution is 2.21. The molecule has 1 aromatic carbocycles. The molecule has 0 atom stereocenters. The predicted molar refractivity (Wildman–Crippen MR) is 76.9 cm³/mol. The Hall–Kier alpha value is -2.89. The highest BCUT2D eigenvalue weighted by atomic mass is 16.5. The third-order valence-electron chi connectivity index (χ3n) is 2.84. The second-order valence-corrected chi connectivity index (χ2v) is 4.43. The largest absolute Gasteiger partial charge is 0.496 e. The van der Waals surface area contributed by atoms with Gasteiger partial charge in [0.2, 0.25) is 0 Å². The number of hydrogen-bond donors (Lipinski definition) is 2. The maximum Gasteiger partial charge on any atom is 0.337 e. The highest BCUT2D eigenvalue weighted by Gasteiger charge is 2.13. The van der Waals surface area contributed by atoms with Crippen molar-refractivity contribution in [3.63, 3.8) is 0 Å². The van der Waals surface area contributed by atoms with E-state index in [-0.39, 0.29) is 11.5 Å². The Bertz CT molecular complexity index is 698. The molecule has 0 saturated heterocycles. The van der Waals surface area contributed by atoms with Crippen molar-refractivity contribution in [1.82, 2.24) is 4.98 Å². The van der Waals surface area contributed by atoms with Crippen LogP contribution in [-0.4, -0.2) is 29.1 Å². The summed E-state index contributed by atoms with van der Waals surface area (Å²) in [6.45, 7) is 1.86. The molecule has 0 aliphatic rings. The summed E-state index contributed by atoms with van der Waals surface area (Å²) < 4.78 is 5.15. The number of carboxylic acid groups (broad SMARTS) is 1. The molecule has 2 N–H and O–H groups in total. The van der Waals surface area contributed by atoms with E-state index in [0.29, 0.717) is 17.0 Å². The summed E-state index contributed by atoms with van der Waals surface area (Å²) in [5.41, 5.74) is 1.60. The van der Waals surface area contributed by atoms with Gasteiger partial charge < -0.3 is 15.2 Å². The Morgan fingerprint density at radius 1 is 1.24 bits per heavy atom. The summed E-state index contributed by atoms with van der Waals surface area (Å²) in [6.07, 6.45) is 2.60. The van der Waals surface area contributed by atoms with E-state index in [1.807, 2.05) is 13.0 Å². The zero-order chi connectivity index (χ0) is 15.4. The SMILES string of the molecule is COc1ccc(C)cc1C(=O)Nc1cncc(C(=O)O)c1. The summed E-state index contributed by atoms with van der Waals surface area (Å²) >= 11 is 0. The van der Waals surface area contributed by atoms with Gasteiger partial charge in [0.15, 0.2) is 0 Å². The number of aromatic nitrogens is 1. The van der Waals surface area contributed by atoms with E-state index in [1.54, 1.807) is 12.1 Å². The molecule has 0 saturated carbocycles. The molecule has 21 heavy (non-hydrogen) atoms. The number of hydrogen-bond acceptors (Lipinski definition) is 4. The molecular weight excluding hydrogens is 272 g/mol. The minimum atomic E-state index is -1.10. The minimum absolute atomic E-state index is 0.00371. The third kappa shape index (κ3) is 3.36. The standard InChI is InChI=1S/C15H14N2O4/c1-9-3-4-13(21-2)12(5-9)14(18)17-11-6-10(15(19)20)7-16-8-11/h3-8H,1-2H3,(H,17,18)(H,19,20). The van der Waals surface area contributed by atoms with Crippen LogP contribution in [0.2, 0.25) is 0 Å². The summed E-state index contributed by atoms with van der Waals surface area (Å²) in [6, 6.07) is 6.58. The molecule has 0 unspecified atom stereocenters. The summed E-state index contributed by atoms with van der Waals surface area (Å²) in [4.78, 5) is 26.9. The number of amides is 1. The van der Waals surface area contributed by atoms with Crippen LogP contribution in [0.1, 0.15) is 26.3 Å². The van der Waals surface area contributed by atoms with Gasteiger partial charge >= 0.3 is 5.97 Å². The number of rotatable bonds is 4. The molecule has 6 heteroatoms. The van der Waals surface area contributed by atoms with Crippen LogP contribution in [0.5, 0.6) is 5.75 Å². The van der Waals surface area contributed by atoms with E-state index >= 15 is 0 Å². The van der Waals surface area contributed by atoms with Crippen molar-refractivity contribution in [2.75, 3.05) is 12.4 Å². The van der Waals surface area contributed by atoms with Crippen molar-refractivity contribution in [1.29, 1.82) is 0 Å². The van der Waals surface area contributed by atoms with Crippen LogP contribution in [0.4, 0.5) is 5.69 Å². The van der Waals surface area contributed by atoms with E-state index < -0.39 is 5.97 Å². The lowest BCUT2D eigenvalue weighted by atomic mass is 10.1. The smallest absolute Gasteiger partial charge is 0.337 e. The lowest BCUT2D eigenvalue weighted by molar-refractivity contribution is 0.0696. The molecule has 0 spiro atoms. The van der Waals surface area contributed by atoms with Crippen molar-refractivity contribution < 1.29 is 19.4 Å². The second-order valence-electron chi connectivity index (χ2n) is 4.43. The first kappa shape index (κ1) is 14.5. The summed E-state index contributed by atoms with van der Waals surface area (Å²) in [5, 5.41) is 11.5. The first-order chi connectivity index (χ1) is 10.0. The quantitative estimate of drug-likeness (QED) is 0.900. The van der Waals surface area contributed by atoms with Crippen molar-refractivity contribution >= 4 is 17.6 Å². The lowest BCUT2D eigenvalue weighted by Gasteiger charge is -2.10.